The van der Waals surface area contributed by atoms with Gasteiger partial charge in [0.15, 0.2) is 23.3 Å². The number of amides is 1. The lowest BCUT2D eigenvalue weighted by Crippen LogP contribution is -2.38. The van der Waals surface area contributed by atoms with Crippen molar-refractivity contribution in [3.63, 3.8) is 0 Å². The van der Waals surface area contributed by atoms with Crippen LogP contribution in [0.3, 0.4) is 0 Å². The second-order valence-electron chi connectivity index (χ2n) is 5.36. The minimum atomic E-state index is -0.616. The lowest BCUT2D eigenvalue weighted by atomic mass is 10.2. The highest BCUT2D eigenvalue weighted by molar-refractivity contribution is 5.89. The molecule has 1 amide bonds. The maximum Gasteiger partial charge on any atom is 0.284 e. The van der Waals surface area contributed by atoms with Crippen molar-refractivity contribution in [1.29, 1.82) is 0 Å². The second-order valence-corrected chi connectivity index (χ2v) is 5.36. The Morgan fingerprint density at radius 1 is 1.40 bits per heavy atom. The number of furan rings is 1. The Hall–Kier alpha value is -3.03. The fraction of sp³-hybridized carbons (Fsp3) is 0.294. The fourth-order valence-corrected chi connectivity index (χ4v) is 2.31. The Morgan fingerprint density at radius 3 is 2.72 bits per heavy atom. The molecule has 0 saturated heterocycles. The second kappa shape index (κ2) is 8.18. The number of hydrogen-bond acceptors (Lipinski definition) is 4. The highest BCUT2D eigenvalue weighted by atomic mass is 19.1. The molecule has 134 valence electrons. The van der Waals surface area contributed by atoms with Crippen LogP contribution in [-0.2, 0) is 13.1 Å². The zero-order valence-electron chi connectivity index (χ0n) is 14.4. The summed E-state index contributed by atoms with van der Waals surface area (Å²) in [6.45, 7) is 0.784. The number of methoxy groups -OCH3 is 1. The number of guanidine groups is 1. The van der Waals surface area contributed by atoms with Gasteiger partial charge in [0, 0.05) is 20.6 Å². The summed E-state index contributed by atoms with van der Waals surface area (Å²) in [5, 5.41) is 3.11. The number of nitrogens with two attached hydrogens (primary N) is 1. The smallest absolute Gasteiger partial charge is 0.284 e. The molecule has 25 heavy (non-hydrogen) atoms. The van der Waals surface area contributed by atoms with Crippen molar-refractivity contribution in [2.24, 2.45) is 10.7 Å². The molecule has 0 radical (unpaired) electrons. The molecule has 0 atom stereocenters. The average Bonchev–Trinajstić information content (AvgIpc) is 3.05. The number of primary amides is 1. The minimum Gasteiger partial charge on any atom is -0.494 e. The average molecular weight is 348 g/mol. The first-order chi connectivity index (χ1) is 11.9. The van der Waals surface area contributed by atoms with Gasteiger partial charge >= 0.3 is 0 Å². The van der Waals surface area contributed by atoms with Crippen LogP contribution in [0.2, 0.25) is 0 Å². The van der Waals surface area contributed by atoms with Crippen LogP contribution in [0.25, 0.3) is 0 Å². The molecule has 3 N–H and O–H groups in total. The first kappa shape index (κ1) is 18.3. The van der Waals surface area contributed by atoms with Gasteiger partial charge in [0.05, 0.1) is 13.7 Å². The van der Waals surface area contributed by atoms with Crippen molar-refractivity contribution < 1.29 is 18.3 Å². The standard InChI is InChI=1S/C17H21FN4O3/c1-20-17(21-9-12-5-7-15(25-12)16(19)23)22(2)10-11-4-6-14(24-3)13(18)8-11/h4-8H,9-10H2,1-3H3,(H2,19,23)(H,20,21). The largest absolute Gasteiger partial charge is 0.494 e. The van der Waals surface area contributed by atoms with Gasteiger partial charge in [-0.1, -0.05) is 6.07 Å². The van der Waals surface area contributed by atoms with Gasteiger partial charge in [-0.05, 0) is 29.8 Å². The molecular weight excluding hydrogens is 327 g/mol. The Kier molecular flexibility index (Phi) is 5.99. The number of nitrogens with one attached hydrogen (secondary N) is 1. The van der Waals surface area contributed by atoms with Crippen molar-refractivity contribution in [2.45, 2.75) is 13.1 Å². The summed E-state index contributed by atoms with van der Waals surface area (Å²) in [6, 6.07) is 7.99. The number of nitrogens with zero attached hydrogens (tertiary/aromatic N) is 2. The molecule has 0 aliphatic heterocycles. The number of carbonyl (C=O) groups excluding carboxylic acids is 1. The summed E-state index contributed by atoms with van der Waals surface area (Å²) in [7, 11) is 4.90. The maximum absolute atomic E-state index is 13.8. The van der Waals surface area contributed by atoms with Crippen molar-refractivity contribution in [3.05, 3.63) is 53.2 Å². The van der Waals surface area contributed by atoms with Gasteiger partial charge in [-0.25, -0.2) is 4.39 Å². The zero-order valence-corrected chi connectivity index (χ0v) is 14.4. The maximum atomic E-state index is 13.8. The van der Waals surface area contributed by atoms with Crippen LogP contribution in [0.5, 0.6) is 5.75 Å². The molecule has 0 fully saturated rings. The molecule has 1 aromatic carbocycles. The minimum absolute atomic E-state index is 0.105. The third-order valence-corrected chi connectivity index (χ3v) is 3.53. The first-order valence-corrected chi connectivity index (χ1v) is 7.57. The van der Waals surface area contributed by atoms with Crippen LogP contribution in [-0.4, -0.2) is 38.0 Å². The first-order valence-electron chi connectivity index (χ1n) is 7.57. The Balaban J connectivity index is 1.97. The van der Waals surface area contributed by atoms with Gasteiger partial charge in [-0.3, -0.25) is 9.79 Å². The molecule has 0 aliphatic rings. The highest BCUT2D eigenvalue weighted by Gasteiger charge is 2.11. The van der Waals surface area contributed by atoms with E-state index in [0.717, 1.165) is 5.56 Å². The van der Waals surface area contributed by atoms with Crippen LogP contribution < -0.4 is 15.8 Å². The van der Waals surface area contributed by atoms with Crippen molar-refractivity contribution in [1.82, 2.24) is 10.2 Å². The Morgan fingerprint density at radius 2 is 2.16 bits per heavy atom. The summed E-state index contributed by atoms with van der Waals surface area (Å²) < 4.78 is 24.0. The lowest BCUT2D eigenvalue weighted by Gasteiger charge is -2.22. The Bertz CT molecular complexity index is 773. The number of benzene rings is 1. The molecule has 0 bridgehead atoms. The fourth-order valence-electron chi connectivity index (χ4n) is 2.31. The predicted molar refractivity (Wildman–Crippen MR) is 91.8 cm³/mol. The van der Waals surface area contributed by atoms with Gasteiger partial charge in [-0.2, -0.15) is 0 Å². The molecule has 0 spiro atoms. The van der Waals surface area contributed by atoms with Gasteiger partial charge in [0.2, 0.25) is 0 Å². The van der Waals surface area contributed by atoms with Gasteiger partial charge < -0.3 is 25.1 Å². The third kappa shape index (κ3) is 4.72. The molecular formula is C17H21FN4O3. The van der Waals surface area contributed by atoms with Crippen LogP contribution in [0, 0.1) is 5.82 Å². The molecule has 0 saturated carbocycles. The van der Waals surface area contributed by atoms with Crippen molar-refractivity contribution >= 4 is 11.9 Å². The predicted octanol–water partition coefficient (Wildman–Crippen LogP) is 1.73. The summed E-state index contributed by atoms with van der Waals surface area (Å²) >= 11 is 0. The number of aliphatic imine (C=N–C) groups is 1. The molecule has 0 aliphatic carbocycles. The van der Waals surface area contributed by atoms with E-state index < -0.39 is 11.7 Å². The lowest BCUT2D eigenvalue weighted by molar-refractivity contribution is 0.0972. The molecule has 0 unspecified atom stereocenters. The van der Waals surface area contributed by atoms with Crippen molar-refractivity contribution in [3.8, 4) is 5.75 Å². The number of carbonyl (C=O) groups is 1. The quantitative estimate of drug-likeness (QED) is 0.613. The van der Waals surface area contributed by atoms with E-state index in [4.69, 9.17) is 14.9 Å². The van der Waals surface area contributed by atoms with Gasteiger partial charge in [0.25, 0.3) is 5.91 Å². The van der Waals surface area contributed by atoms with Crippen LogP contribution in [0.1, 0.15) is 21.9 Å². The molecule has 7 nitrogen and oxygen atoms in total. The molecule has 2 rings (SSSR count). The SMILES string of the molecule is CN=C(NCc1ccc(C(N)=O)o1)N(C)Cc1ccc(OC)c(F)c1. The van der Waals surface area contributed by atoms with E-state index in [1.165, 1.54) is 19.2 Å². The number of ether oxygens (including phenoxy) is 1. The van der Waals surface area contributed by atoms with Crippen LogP contribution >= 0.6 is 0 Å². The zero-order chi connectivity index (χ0) is 18.4. The van der Waals surface area contributed by atoms with Crippen molar-refractivity contribution in [2.75, 3.05) is 21.2 Å². The molecule has 1 heterocycles. The summed E-state index contributed by atoms with van der Waals surface area (Å²) in [5.41, 5.74) is 5.93. The Labute approximate surface area is 145 Å². The van der Waals surface area contributed by atoms with E-state index >= 15 is 0 Å². The summed E-state index contributed by atoms with van der Waals surface area (Å²) in [5.74, 6) is 0.429. The van der Waals surface area contributed by atoms with Gasteiger partial charge in [0.1, 0.15) is 5.76 Å². The van der Waals surface area contributed by atoms with E-state index in [0.29, 0.717) is 24.8 Å². The van der Waals surface area contributed by atoms with Crippen LogP contribution in [0.4, 0.5) is 4.39 Å². The normalized spacial score (nSPS) is 11.3. The number of rotatable bonds is 6. The van der Waals surface area contributed by atoms with E-state index in [-0.39, 0.29) is 11.5 Å². The highest BCUT2D eigenvalue weighted by Crippen LogP contribution is 2.18. The van der Waals surface area contributed by atoms with E-state index in [2.05, 4.69) is 10.3 Å². The summed E-state index contributed by atoms with van der Waals surface area (Å²) in [4.78, 5) is 17.0. The number of halogens is 1. The third-order valence-electron chi connectivity index (χ3n) is 3.53. The van der Waals surface area contributed by atoms with Gasteiger partial charge in [-0.15, -0.1) is 0 Å². The number of hydrogen-bond donors (Lipinski definition) is 2. The van der Waals surface area contributed by atoms with E-state index in [1.54, 1.807) is 25.2 Å². The van der Waals surface area contributed by atoms with Crippen LogP contribution in [0.15, 0.2) is 39.7 Å². The molecule has 1 aromatic heterocycles. The summed E-state index contributed by atoms with van der Waals surface area (Å²) in [6.07, 6.45) is 0. The molecule has 8 heteroatoms. The molecule has 2 aromatic rings. The van der Waals surface area contributed by atoms with E-state index in [9.17, 15) is 9.18 Å². The monoisotopic (exact) mass is 348 g/mol. The topological polar surface area (TPSA) is 93.1 Å². The van der Waals surface area contributed by atoms with E-state index in [1.807, 2.05) is 11.9 Å².